The van der Waals surface area contributed by atoms with Gasteiger partial charge < -0.3 is 9.47 Å². The molecule has 5 heteroatoms. The van der Waals surface area contributed by atoms with Crippen LogP contribution in [0.15, 0.2) is 36.4 Å². The van der Waals surface area contributed by atoms with Crippen LogP contribution in [0.2, 0.25) is 0 Å². The lowest BCUT2D eigenvalue weighted by atomic mass is 10.0. The van der Waals surface area contributed by atoms with Gasteiger partial charge in [0.25, 0.3) is 0 Å². The van der Waals surface area contributed by atoms with Crippen molar-refractivity contribution in [1.82, 2.24) is 0 Å². The normalized spacial score (nSPS) is 12.0. The molecule has 0 aliphatic heterocycles. The third kappa shape index (κ3) is 3.73. The van der Waals surface area contributed by atoms with Gasteiger partial charge in [0.2, 0.25) is 0 Å². The van der Waals surface area contributed by atoms with Gasteiger partial charge in [-0.2, -0.15) is 0 Å². The fourth-order valence-electron chi connectivity index (χ4n) is 2.04. The zero-order valence-corrected chi connectivity index (χ0v) is 13.3. The summed E-state index contributed by atoms with van der Waals surface area (Å²) >= 11 is 3.50. The second-order valence-electron chi connectivity index (χ2n) is 4.53. The number of benzene rings is 2. The van der Waals surface area contributed by atoms with Crippen molar-refractivity contribution >= 4 is 15.9 Å². The minimum atomic E-state index is -0.843. The second-order valence-corrected chi connectivity index (χ2v) is 5.64. The lowest BCUT2D eigenvalue weighted by Crippen LogP contribution is -1.99. The molecule has 2 nitrogen and oxygen atoms in total. The van der Waals surface area contributed by atoms with Gasteiger partial charge in [-0.3, -0.25) is 0 Å². The number of hydrogen-bond donors (Lipinski definition) is 0. The van der Waals surface area contributed by atoms with E-state index in [-0.39, 0.29) is 4.83 Å². The Labute approximate surface area is 130 Å². The first kappa shape index (κ1) is 15.8. The van der Waals surface area contributed by atoms with Crippen molar-refractivity contribution in [2.75, 3.05) is 14.2 Å². The fraction of sp³-hybridized carbons (Fsp3) is 0.250. The van der Waals surface area contributed by atoms with Crippen molar-refractivity contribution in [1.29, 1.82) is 0 Å². The van der Waals surface area contributed by atoms with Crippen LogP contribution in [0.3, 0.4) is 0 Å². The molecule has 21 heavy (non-hydrogen) atoms. The van der Waals surface area contributed by atoms with Crippen molar-refractivity contribution in [3.05, 3.63) is 59.2 Å². The lowest BCUT2D eigenvalue weighted by Gasteiger charge is -2.13. The van der Waals surface area contributed by atoms with E-state index in [1.807, 2.05) is 18.2 Å². The van der Waals surface area contributed by atoms with Crippen LogP contribution >= 0.6 is 15.9 Å². The molecule has 1 atom stereocenters. The Hall–Kier alpha value is -1.62. The largest absolute Gasteiger partial charge is 0.493 e. The van der Waals surface area contributed by atoms with Crippen LogP contribution in [0.25, 0.3) is 0 Å². The van der Waals surface area contributed by atoms with Gasteiger partial charge >= 0.3 is 0 Å². The molecule has 2 aromatic rings. The Morgan fingerprint density at radius 2 is 1.67 bits per heavy atom. The smallest absolute Gasteiger partial charge is 0.160 e. The molecular weight excluding hydrogens is 342 g/mol. The summed E-state index contributed by atoms with van der Waals surface area (Å²) < 4.78 is 36.6. The van der Waals surface area contributed by atoms with E-state index in [1.165, 1.54) is 6.07 Å². The highest BCUT2D eigenvalue weighted by atomic mass is 79.9. The molecular formula is C16H15BrF2O2. The zero-order valence-electron chi connectivity index (χ0n) is 11.7. The number of alkyl halides is 1. The topological polar surface area (TPSA) is 18.5 Å². The summed E-state index contributed by atoms with van der Waals surface area (Å²) in [7, 11) is 3.15. The predicted molar refractivity (Wildman–Crippen MR) is 81.3 cm³/mol. The Bertz CT molecular complexity index is 632. The van der Waals surface area contributed by atoms with Gasteiger partial charge in [0.05, 0.1) is 14.2 Å². The maximum atomic E-state index is 13.3. The van der Waals surface area contributed by atoms with Crippen LogP contribution in [0, 0.1) is 11.6 Å². The third-order valence-corrected chi connectivity index (χ3v) is 4.02. The standard InChI is InChI=1S/C16H15BrF2O2/c1-20-15-6-3-10(8-16(15)21-2)7-12(17)11-4-5-13(18)14(19)9-11/h3-6,8-9,12H,7H2,1-2H3. The molecule has 0 radical (unpaired) electrons. The number of hydrogen-bond acceptors (Lipinski definition) is 2. The van der Waals surface area contributed by atoms with E-state index in [9.17, 15) is 8.78 Å². The molecule has 1 unspecified atom stereocenters. The molecule has 0 heterocycles. The highest BCUT2D eigenvalue weighted by Crippen LogP contribution is 2.32. The molecule has 0 saturated carbocycles. The van der Waals surface area contributed by atoms with Gasteiger partial charge in [0.15, 0.2) is 23.1 Å². The summed E-state index contributed by atoms with van der Waals surface area (Å²) in [5, 5.41) is 0. The molecule has 0 aliphatic carbocycles. The first-order valence-electron chi connectivity index (χ1n) is 6.35. The Kier molecular flexibility index (Phi) is 5.17. The Morgan fingerprint density at radius 1 is 0.952 bits per heavy atom. The highest BCUT2D eigenvalue weighted by molar-refractivity contribution is 9.09. The number of methoxy groups -OCH3 is 2. The molecule has 112 valence electrons. The van der Waals surface area contributed by atoms with Gasteiger partial charge in [-0.1, -0.05) is 28.1 Å². The summed E-state index contributed by atoms with van der Waals surface area (Å²) in [6.45, 7) is 0. The summed E-state index contributed by atoms with van der Waals surface area (Å²) in [5.74, 6) is -0.394. The van der Waals surface area contributed by atoms with Crippen molar-refractivity contribution in [2.24, 2.45) is 0 Å². The molecule has 0 aromatic heterocycles. The summed E-state index contributed by atoms with van der Waals surface area (Å²) in [4.78, 5) is -0.120. The molecule has 0 fully saturated rings. The third-order valence-electron chi connectivity index (χ3n) is 3.17. The van der Waals surface area contributed by atoms with Gasteiger partial charge in [-0.05, 0) is 41.8 Å². The van der Waals surface area contributed by atoms with Crippen LogP contribution in [0.5, 0.6) is 11.5 Å². The van der Waals surface area contributed by atoms with E-state index < -0.39 is 11.6 Å². The summed E-state index contributed by atoms with van der Waals surface area (Å²) in [6, 6.07) is 9.50. The lowest BCUT2D eigenvalue weighted by molar-refractivity contribution is 0.354. The molecule has 0 saturated heterocycles. The van der Waals surface area contributed by atoms with E-state index in [4.69, 9.17) is 9.47 Å². The molecule has 2 rings (SSSR count). The monoisotopic (exact) mass is 356 g/mol. The van der Waals surface area contributed by atoms with Crippen molar-refractivity contribution in [3.63, 3.8) is 0 Å². The quantitative estimate of drug-likeness (QED) is 0.725. The van der Waals surface area contributed by atoms with Crippen molar-refractivity contribution in [2.45, 2.75) is 11.2 Å². The first-order chi connectivity index (χ1) is 10.0. The van der Waals surface area contributed by atoms with Crippen molar-refractivity contribution < 1.29 is 18.3 Å². The highest BCUT2D eigenvalue weighted by Gasteiger charge is 2.13. The van der Waals surface area contributed by atoms with Crippen LogP contribution < -0.4 is 9.47 Å². The number of halogens is 3. The van der Waals surface area contributed by atoms with Crippen LogP contribution in [0.1, 0.15) is 16.0 Å². The maximum Gasteiger partial charge on any atom is 0.160 e. The minimum absolute atomic E-state index is 0.120. The Morgan fingerprint density at radius 3 is 2.29 bits per heavy atom. The summed E-state index contributed by atoms with van der Waals surface area (Å²) in [5.41, 5.74) is 1.68. The van der Waals surface area contributed by atoms with Gasteiger partial charge in [0, 0.05) is 4.83 Å². The summed E-state index contributed by atoms with van der Waals surface area (Å²) in [6.07, 6.45) is 0.616. The first-order valence-corrected chi connectivity index (χ1v) is 7.26. The number of rotatable bonds is 5. The minimum Gasteiger partial charge on any atom is -0.493 e. The van der Waals surface area contributed by atoms with E-state index >= 15 is 0 Å². The van der Waals surface area contributed by atoms with Gasteiger partial charge in [-0.25, -0.2) is 8.78 Å². The molecule has 2 aromatic carbocycles. The van der Waals surface area contributed by atoms with Crippen LogP contribution in [0.4, 0.5) is 8.78 Å². The molecule has 0 N–H and O–H groups in total. The average molecular weight is 357 g/mol. The number of ether oxygens (including phenoxy) is 2. The van der Waals surface area contributed by atoms with Gasteiger partial charge in [-0.15, -0.1) is 0 Å². The molecule has 0 aliphatic rings. The Balaban J connectivity index is 2.18. The van der Waals surface area contributed by atoms with Gasteiger partial charge in [0.1, 0.15) is 0 Å². The van der Waals surface area contributed by atoms with Crippen LogP contribution in [-0.2, 0) is 6.42 Å². The van der Waals surface area contributed by atoms with E-state index in [2.05, 4.69) is 15.9 Å². The zero-order chi connectivity index (χ0) is 15.4. The van der Waals surface area contributed by atoms with Crippen molar-refractivity contribution in [3.8, 4) is 11.5 Å². The van der Waals surface area contributed by atoms with E-state index in [0.717, 1.165) is 11.6 Å². The fourth-order valence-corrected chi connectivity index (χ4v) is 2.70. The van der Waals surface area contributed by atoms with Crippen LogP contribution in [-0.4, -0.2) is 14.2 Å². The SMILES string of the molecule is COc1ccc(CC(Br)c2ccc(F)c(F)c2)cc1OC. The molecule has 0 amide bonds. The van der Waals surface area contributed by atoms with E-state index in [1.54, 1.807) is 20.3 Å². The molecule has 0 spiro atoms. The molecule has 0 bridgehead atoms. The predicted octanol–water partition coefficient (Wildman–Crippen LogP) is 4.66. The van der Waals surface area contributed by atoms with E-state index in [0.29, 0.717) is 23.5 Å². The second kappa shape index (κ2) is 6.89. The average Bonchev–Trinajstić information content (AvgIpc) is 2.49. The maximum absolute atomic E-state index is 13.3.